The molecule has 0 amide bonds. The summed E-state index contributed by atoms with van der Waals surface area (Å²) in [5.41, 5.74) is 1.72. The summed E-state index contributed by atoms with van der Waals surface area (Å²) >= 11 is 2.99. The molecule has 0 spiro atoms. The molecule has 0 saturated heterocycles. The molecule has 1 aromatic rings. The predicted octanol–water partition coefficient (Wildman–Crippen LogP) is 3.50. The van der Waals surface area contributed by atoms with Crippen molar-refractivity contribution in [3.8, 4) is 6.07 Å². The van der Waals surface area contributed by atoms with Crippen LogP contribution in [0.1, 0.15) is 41.1 Å². The van der Waals surface area contributed by atoms with Crippen molar-refractivity contribution >= 4 is 28.9 Å². The molecular weight excluding hydrogens is 226 g/mol. The van der Waals surface area contributed by atoms with Gasteiger partial charge in [-0.15, -0.1) is 23.1 Å². The van der Waals surface area contributed by atoms with Gasteiger partial charge >= 0.3 is 0 Å². The van der Waals surface area contributed by atoms with Gasteiger partial charge in [0.1, 0.15) is 10.9 Å². The molecular formula is C11H13NOS2. The Hall–Kier alpha value is -0.790. The van der Waals surface area contributed by atoms with Crippen molar-refractivity contribution in [3.05, 3.63) is 16.0 Å². The quantitative estimate of drug-likeness (QED) is 0.596. The molecule has 15 heavy (non-hydrogen) atoms. The first-order valence-corrected chi connectivity index (χ1v) is 6.86. The summed E-state index contributed by atoms with van der Waals surface area (Å²) in [7, 11) is 0. The van der Waals surface area contributed by atoms with Crippen LogP contribution in [0.25, 0.3) is 0 Å². The first-order chi connectivity index (χ1) is 7.19. The molecule has 0 radical (unpaired) electrons. The molecule has 0 fully saturated rings. The van der Waals surface area contributed by atoms with Gasteiger partial charge in [-0.05, 0) is 18.2 Å². The number of thioether (sulfide) groups is 1. The van der Waals surface area contributed by atoms with Crippen molar-refractivity contribution in [1.29, 1.82) is 5.26 Å². The van der Waals surface area contributed by atoms with Crippen LogP contribution in [0, 0.1) is 11.3 Å². The number of nitriles is 1. The third-order valence-corrected chi connectivity index (χ3v) is 4.47. The van der Waals surface area contributed by atoms with Crippen LogP contribution in [0.15, 0.2) is 4.21 Å². The highest BCUT2D eigenvalue weighted by atomic mass is 32.2. The molecule has 0 aromatic carbocycles. The molecule has 0 bridgehead atoms. The summed E-state index contributed by atoms with van der Waals surface area (Å²) in [6.07, 6.45) is 3.20. The largest absolute Gasteiger partial charge is 0.294 e. The van der Waals surface area contributed by atoms with E-state index in [0.717, 1.165) is 21.8 Å². The number of rotatable bonds is 4. The van der Waals surface area contributed by atoms with E-state index in [0.29, 0.717) is 11.3 Å². The molecule has 1 heterocycles. The first-order valence-electron chi connectivity index (χ1n) is 4.82. The minimum Gasteiger partial charge on any atom is -0.294 e. The minimum atomic E-state index is 0.147. The molecule has 0 unspecified atom stereocenters. The van der Waals surface area contributed by atoms with Gasteiger partial charge in [0.05, 0.1) is 4.21 Å². The van der Waals surface area contributed by atoms with Gasteiger partial charge in [-0.25, -0.2) is 0 Å². The number of carbonyl (C=O) groups is 1. The summed E-state index contributed by atoms with van der Waals surface area (Å²) < 4.78 is 0.982. The second-order valence-corrected chi connectivity index (χ2v) is 5.11. The molecule has 0 aliphatic rings. The van der Waals surface area contributed by atoms with E-state index in [9.17, 15) is 4.79 Å². The average molecular weight is 239 g/mol. The monoisotopic (exact) mass is 239 g/mol. The Morgan fingerprint density at radius 2 is 2.20 bits per heavy atom. The SMILES string of the molecule is CCC(=O)c1c(SC)sc(C#N)c1CC. The molecule has 0 atom stereocenters. The predicted molar refractivity (Wildman–Crippen MR) is 64.8 cm³/mol. The average Bonchev–Trinajstić information content (AvgIpc) is 2.65. The topological polar surface area (TPSA) is 40.9 Å². The number of hydrogen-bond donors (Lipinski definition) is 0. The van der Waals surface area contributed by atoms with Gasteiger partial charge in [0.25, 0.3) is 0 Å². The van der Waals surface area contributed by atoms with Crippen LogP contribution in [-0.4, -0.2) is 12.0 Å². The van der Waals surface area contributed by atoms with E-state index < -0.39 is 0 Å². The minimum absolute atomic E-state index is 0.147. The lowest BCUT2D eigenvalue weighted by Gasteiger charge is -2.01. The number of ketones is 1. The zero-order valence-electron chi connectivity index (χ0n) is 9.09. The lowest BCUT2D eigenvalue weighted by molar-refractivity contribution is 0.0985. The van der Waals surface area contributed by atoms with E-state index in [1.165, 1.54) is 11.3 Å². The van der Waals surface area contributed by atoms with E-state index >= 15 is 0 Å². The zero-order valence-corrected chi connectivity index (χ0v) is 10.7. The Labute approximate surface area is 98.3 Å². The second kappa shape index (κ2) is 5.34. The first kappa shape index (κ1) is 12.3. The molecule has 0 aliphatic carbocycles. The van der Waals surface area contributed by atoms with Crippen LogP contribution >= 0.6 is 23.1 Å². The summed E-state index contributed by atoms with van der Waals surface area (Å²) in [5, 5.41) is 8.98. The number of Topliss-reactive ketones (excluding diaryl/α,β-unsaturated/α-hetero) is 1. The Morgan fingerprint density at radius 3 is 2.60 bits per heavy atom. The van der Waals surface area contributed by atoms with Gasteiger partial charge in [0.15, 0.2) is 5.78 Å². The van der Waals surface area contributed by atoms with E-state index in [1.807, 2.05) is 20.1 Å². The van der Waals surface area contributed by atoms with Gasteiger partial charge in [-0.2, -0.15) is 5.26 Å². The molecule has 0 aliphatic heterocycles. The van der Waals surface area contributed by atoms with Crippen molar-refractivity contribution in [1.82, 2.24) is 0 Å². The third-order valence-electron chi connectivity index (χ3n) is 2.22. The van der Waals surface area contributed by atoms with Crippen molar-refractivity contribution in [2.75, 3.05) is 6.26 Å². The maximum Gasteiger partial charge on any atom is 0.164 e. The summed E-state index contributed by atoms with van der Waals surface area (Å²) in [5.74, 6) is 0.147. The van der Waals surface area contributed by atoms with Gasteiger partial charge in [-0.3, -0.25) is 4.79 Å². The number of hydrogen-bond acceptors (Lipinski definition) is 4. The van der Waals surface area contributed by atoms with E-state index in [-0.39, 0.29) is 5.78 Å². The van der Waals surface area contributed by atoms with Crippen LogP contribution in [0.5, 0.6) is 0 Å². The lowest BCUT2D eigenvalue weighted by atomic mass is 10.0. The maximum atomic E-state index is 11.8. The summed E-state index contributed by atoms with van der Waals surface area (Å²) in [6, 6.07) is 2.17. The second-order valence-electron chi connectivity index (χ2n) is 3.02. The van der Waals surface area contributed by atoms with Crippen LogP contribution < -0.4 is 0 Å². The van der Waals surface area contributed by atoms with Gasteiger partial charge in [0.2, 0.25) is 0 Å². The molecule has 4 heteroatoms. The molecule has 2 nitrogen and oxygen atoms in total. The Bertz CT molecular complexity index is 415. The standard InChI is InChI=1S/C11H13NOS2/c1-4-7-9(6-12)15-11(14-3)10(7)8(13)5-2/h4-5H2,1-3H3. The fourth-order valence-electron chi connectivity index (χ4n) is 1.47. The third kappa shape index (κ3) is 2.24. The van der Waals surface area contributed by atoms with Crippen LogP contribution in [-0.2, 0) is 6.42 Å². The molecule has 1 rings (SSSR count). The van der Waals surface area contributed by atoms with Crippen molar-refractivity contribution in [2.45, 2.75) is 30.9 Å². The molecule has 80 valence electrons. The smallest absolute Gasteiger partial charge is 0.164 e. The van der Waals surface area contributed by atoms with Crippen molar-refractivity contribution < 1.29 is 4.79 Å². The molecule has 1 aromatic heterocycles. The summed E-state index contributed by atoms with van der Waals surface area (Å²) in [6.45, 7) is 3.84. The number of nitrogens with zero attached hydrogens (tertiary/aromatic N) is 1. The van der Waals surface area contributed by atoms with Crippen molar-refractivity contribution in [3.63, 3.8) is 0 Å². The zero-order chi connectivity index (χ0) is 11.4. The Balaban J connectivity index is 3.38. The van der Waals surface area contributed by atoms with Crippen LogP contribution in [0.3, 0.4) is 0 Å². The van der Waals surface area contributed by atoms with E-state index in [1.54, 1.807) is 11.8 Å². The van der Waals surface area contributed by atoms with Gasteiger partial charge in [-0.1, -0.05) is 13.8 Å². The van der Waals surface area contributed by atoms with E-state index in [4.69, 9.17) is 5.26 Å². The van der Waals surface area contributed by atoms with E-state index in [2.05, 4.69) is 6.07 Å². The highest BCUT2D eigenvalue weighted by molar-refractivity contribution is 8.00. The highest BCUT2D eigenvalue weighted by Crippen LogP contribution is 2.35. The number of thiophene rings is 1. The van der Waals surface area contributed by atoms with Crippen molar-refractivity contribution in [2.24, 2.45) is 0 Å². The van der Waals surface area contributed by atoms with Gasteiger partial charge < -0.3 is 0 Å². The van der Waals surface area contributed by atoms with Crippen LogP contribution in [0.2, 0.25) is 0 Å². The fourth-order valence-corrected chi connectivity index (χ4v) is 3.44. The lowest BCUT2D eigenvalue weighted by Crippen LogP contribution is -2.00. The fraction of sp³-hybridized carbons (Fsp3) is 0.455. The Morgan fingerprint density at radius 1 is 1.53 bits per heavy atom. The van der Waals surface area contributed by atoms with Crippen LogP contribution in [0.4, 0.5) is 0 Å². The highest BCUT2D eigenvalue weighted by Gasteiger charge is 2.20. The number of carbonyl (C=O) groups excluding carboxylic acids is 1. The maximum absolute atomic E-state index is 11.8. The molecule has 0 saturated carbocycles. The normalized spacial score (nSPS) is 10.0. The van der Waals surface area contributed by atoms with Gasteiger partial charge in [0, 0.05) is 12.0 Å². The molecule has 0 N–H and O–H groups in total. The summed E-state index contributed by atoms with van der Waals surface area (Å²) in [4.78, 5) is 12.5. The Kier molecular flexibility index (Phi) is 4.37.